The van der Waals surface area contributed by atoms with Gasteiger partial charge in [-0.15, -0.1) is 0 Å². The van der Waals surface area contributed by atoms with Crippen molar-refractivity contribution in [2.45, 2.75) is 57.7 Å². The first-order valence-corrected chi connectivity index (χ1v) is 11.8. The Morgan fingerprint density at radius 3 is 2.42 bits per heavy atom. The van der Waals surface area contributed by atoms with Crippen molar-refractivity contribution in [2.24, 2.45) is 0 Å². The van der Waals surface area contributed by atoms with Crippen LogP contribution in [0.25, 0.3) is 0 Å². The average Bonchev–Trinajstić information content (AvgIpc) is 2.77. The fourth-order valence-corrected chi connectivity index (χ4v) is 3.96. The lowest BCUT2D eigenvalue weighted by molar-refractivity contribution is 0.117. The van der Waals surface area contributed by atoms with Gasteiger partial charge in [-0.3, -0.25) is 9.78 Å². The summed E-state index contributed by atoms with van der Waals surface area (Å²) in [5.74, 6) is 0.953. The van der Waals surface area contributed by atoms with Crippen molar-refractivity contribution in [2.75, 3.05) is 12.4 Å². The van der Waals surface area contributed by atoms with Crippen molar-refractivity contribution < 1.29 is 4.74 Å². The van der Waals surface area contributed by atoms with Gasteiger partial charge in [-0.1, -0.05) is 60.5 Å². The summed E-state index contributed by atoms with van der Waals surface area (Å²) in [4.78, 5) is 23.9. The highest BCUT2D eigenvalue weighted by atomic mass is 32.2. The SMILES string of the molecule is Cc1ccc(COCCCCCCSc2ncc(Cc3ccc(C)nc3)c(=O)[nH]2)cc1. The highest BCUT2D eigenvalue weighted by Gasteiger charge is 2.05. The number of ether oxygens (including phenoxy) is 1. The van der Waals surface area contributed by atoms with E-state index in [0.29, 0.717) is 23.7 Å². The molecule has 0 amide bonds. The Balaban J connectivity index is 1.27. The molecule has 0 saturated carbocycles. The van der Waals surface area contributed by atoms with Crippen molar-refractivity contribution in [3.05, 3.63) is 87.1 Å². The summed E-state index contributed by atoms with van der Waals surface area (Å²) >= 11 is 1.61. The minimum Gasteiger partial charge on any atom is -0.377 e. The fourth-order valence-electron chi connectivity index (χ4n) is 3.13. The number of aromatic amines is 1. The third-order valence-corrected chi connectivity index (χ3v) is 6.00. The predicted molar refractivity (Wildman–Crippen MR) is 127 cm³/mol. The highest BCUT2D eigenvalue weighted by molar-refractivity contribution is 7.99. The van der Waals surface area contributed by atoms with E-state index in [0.717, 1.165) is 49.3 Å². The molecule has 3 aromatic rings. The molecule has 164 valence electrons. The standard InChI is InChI=1S/C25H31N3O2S/c1-19-7-10-21(11-8-19)18-30-13-5-3-4-6-14-31-25-27-17-23(24(29)28-25)15-22-12-9-20(2)26-16-22/h7-12,16-17H,3-6,13-15,18H2,1-2H3,(H,27,28,29). The van der Waals surface area contributed by atoms with Crippen LogP contribution in [0.1, 0.15) is 53.6 Å². The van der Waals surface area contributed by atoms with Gasteiger partial charge >= 0.3 is 0 Å². The molecule has 1 aromatic carbocycles. The molecule has 0 spiro atoms. The molecule has 1 N–H and O–H groups in total. The van der Waals surface area contributed by atoms with Crippen LogP contribution < -0.4 is 5.56 Å². The van der Waals surface area contributed by atoms with Crippen LogP contribution in [0.5, 0.6) is 0 Å². The Kier molecular flexibility index (Phi) is 9.31. The van der Waals surface area contributed by atoms with E-state index in [1.807, 2.05) is 25.3 Å². The molecule has 0 atom stereocenters. The van der Waals surface area contributed by atoms with Crippen LogP contribution in [0.15, 0.2) is 58.7 Å². The van der Waals surface area contributed by atoms with Crippen molar-refractivity contribution in [3.8, 4) is 0 Å². The van der Waals surface area contributed by atoms with Crippen LogP contribution >= 0.6 is 11.8 Å². The number of aryl methyl sites for hydroxylation is 2. The highest BCUT2D eigenvalue weighted by Crippen LogP contribution is 2.15. The molecular formula is C25H31N3O2S. The van der Waals surface area contributed by atoms with Crippen LogP contribution in [0, 0.1) is 13.8 Å². The van der Waals surface area contributed by atoms with Gasteiger partial charge in [0.15, 0.2) is 5.16 Å². The molecular weight excluding hydrogens is 406 g/mol. The van der Waals surface area contributed by atoms with E-state index in [9.17, 15) is 4.79 Å². The molecule has 31 heavy (non-hydrogen) atoms. The lowest BCUT2D eigenvalue weighted by atomic mass is 10.1. The Morgan fingerprint density at radius 2 is 1.68 bits per heavy atom. The quantitative estimate of drug-likeness (QED) is 0.238. The van der Waals surface area contributed by atoms with Crippen LogP contribution in [-0.4, -0.2) is 27.3 Å². The molecule has 0 aliphatic heterocycles. The largest absolute Gasteiger partial charge is 0.377 e. The van der Waals surface area contributed by atoms with Crippen molar-refractivity contribution in [3.63, 3.8) is 0 Å². The second-order valence-corrected chi connectivity index (χ2v) is 8.91. The Labute approximate surface area is 188 Å². The average molecular weight is 438 g/mol. The van der Waals surface area contributed by atoms with Gasteiger partial charge < -0.3 is 9.72 Å². The number of hydrogen-bond acceptors (Lipinski definition) is 5. The summed E-state index contributed by atoms with van der Waals surface area (Å²) in [6.45, 7) is 5.53. The van der Waals surface area contributed by atoms with Gasteiger partial charge in [0.05, 0.1) is 6.61 Å². The third kappa shape index (κ3) is 8.31. The van der Waals surface area contributed by atoms with E-state index in [4.69, 9.17) is 4.74 Å². The number of thioether (sulfide) groups is 1. The number of unbranched alkanes of at least 4 members (excludes halogenated alkanes) is 3. The molecule has 0 unspecified atom stereocenters. The molecule has 0 bridgehead atoms. The van der Waals surface area contributed by atoms with Crippen LogP contribution in [0.2, 0.25) is 0 Å². The zero-order valence-electron chi connectivity index (χ0n) is 18.4. The minimum atomic E-state index is -0.0659. The zero-order chi connectivity index (χ0) is 21.9. The lowest BCUT2D eigenvalue weighted by Crippen LogP contribution is -2.15. The number of pyridine rings is 1. The molecule has 0 saturated heterocycles. The molecule has 0 aliphatic carbocycles. The van der Waals surface area contributed by atoms with E-state index in [1.165, 1.54) is 11.1 Å². The minimum absolute atomic E-state index is 0.0659. The first-order valence-electron chi connectivity index (χ1n) is 10.9. The molecule has 6 heteroatoms. The van der Waals surface area contributed by atoms with E-state index >= 15 is 0 Å². The second-order valence-electron chi connectivity index (χ2n) is 7.83. The predicted octanol–water partition coefficient (Wildman–Crippen LogP) is 5.24. The van der Waals surface area contributed by atoms with Crippen molar-refractivity contribution in [1.29, 1.82) is 0 Å². The molecule has 0 fully saturated rings. The number of nitrogens with one attached hydrogen (secondary N) is 1. The van der Waals surface area contributed by atoms with Gasteiger partial charge in [-0.25, -0.2) is 4.98 Å². The number of aromatic nitrogens is 3. The van der Waals surface area contributed by atoms with Crippen LogP contribution in [-0.2, 0) is 17.8 Å². The van der Waals surface area contributed by atoms with Crippen molar-refractivity contribution >= 4 is 11.8 Å². The van der Waals surface area contributed by atoms with E-state index in [2.05, 4.69) is 46.1 Å². The van der Waals surface area contributed by atoms with Gasteiger partial charge in [0.2, 0.25) is 0 Å². The van der Waals surface area contributed by atoms with E-state index in [1.54, 1.807) is 18.0 Å². The zero-order valence-corrected chi connectivity index (χ0v) is 19.2. The smallest absolute Gasteiger partial charge is 0.255 e. The monoisotopic (exact) mass is 437 g/mol. The molecule has 2 aromatic heterocycles. The van der Waals surface area contributed by atoms with Crippen molar-refractivity contribution in [1.82, 2.24) is 15.0 Å². The van der Waals surface area contributed by atoms with E-state index in [-0.39, 0.29) is 5.56 Å². The van der Waals surface area contributed by atoms with Gasteiger partial charge in [-0.2, -0.15) is 0 Å². The topological polar surface area (TPSA) is 67.9 Å². The van der Waals surface area contributed by atoms with Crippen LogP contribution in [0.4, 0.5) is 0 Å². The molecule has 3 rings (SSSR count). The normalized spacial score (nSPS) is 11.0. The maximum absolute atomic E-state index is 12.3. The maximum atomic E-state index is 12.3. The first kappa shape index (κ1) is 23.2. The number of rotatable bonds is 12. The molecule has 0 radical (unpaired) electrons. The van der Waals surface area contributed by atoms with Gasteiger partial charge in [0.25, 0.3) is 5.56 Å². The fraction of sp³-hybridized carbons (Fsp3) is 0.400. The summed E-state index contributed by atoms with van der Waals surface area (Å²) in [7, 11) is 0. The van der Waals surface area contributed by atoms with Gasteiger partial charge in [0, 0.05) is 42.4 Å². The number of H-pyrrole nitrogens is 1. The first-order chi connectivity index (χ1) is 15.1. The van der Waals surface area contributed by atoms with E-state index < -0.39 is 0 Å². The lowest BCUT2D eigenvalue weighted by Gasteiger charge is -2.06. The Morgan fingerprint density at radius 1 is 0.903 bits per heavy atom. The number of benzene rings is 1. The molecule has 2 heterocycles. The third-order valence-electron chi connectivity index (χ3n) is 5.03. The Bertz CT molecular complexity index is 985. The number of nitrogens with zero attached hydrogens (tertiary/aromatic N) is 2. The Hall–Kier alpha value is -2.44. The summed E-state index contributed by atoms with van der Waals surface area (Å²) in [5.41, 5.74) is 5.09. The number of hydrogen-bond donors (Lipinski definition) is 1. The molecule has 5 nitrogen and oxygen atoms in total. The maximum Gasteiger partial charge on any atom is 0.255 e. The summed E-state index contributed by atoms with van der Waals surface area (Å²) < 4.78 is 5.75. The molecule has 0 aliphatic rings. The summed E-state index contributed by atoms with van der Waals surface area (Å²) in [5, 5.41) is 0.692. The van der Waals surface area contributed by atoms with Gasteiger partial charge in [0.1, 0.15) is 0 Å². The summed E-state index contributed by atoms with van der Waals surface area (Å²) in [6.07, 6.45) is 8.53. The van der Waals surface area contributed by atoms with Gasteiger partial charge in [-0.05, 0) is 43.9 Å². The second kappa shape index (κ2) is 12.4. The summed E-state index contributed by atoms with van der Waals surface area (Å²) in [6, 6.07) is 12.4. The van der Waals surface area contributed by atoms with Crippen LogP contribution in [0.3, 0.4) is 0 Å².